The Balaban J connectivity index is 1.51. The topological polar surface area (TPSA) is 101 Å². The van der Waals surface area contributed by atoms with E-state index in [9.17, 15) is 22.9 Å². The van der Waals surface area contributed by atoms with E-state index in [0.717, 1.165) is 56.9 Å². The van der Waals surface area contributed by atoms with Crippen molar-refractivity contribution in [3.8, 4) is 0 Å². The van der Waals surface area contributed by atoms with Gasteiger partial charge in [0.2, 0.25) is 0 Å². The van der Waals surface area contributed by atoms with Gasteiger partial charge in [-0.1, -0.05) is 33.3 Å². The highest BCUT2D eigenvalue weighted by Gasteiger charge is 2.83. The fraction of sp³-hybridized carbons (Fsp3) is 0.900. The van der Waals surface area contributed by atoms with E-state index in [2.05, 4.69) is 27.7 Å². The van der Waals surface area contributed by atoms with Crippen molar-refractivity contribution in [1.29, 1.82) is 0 Å². The third-order valence-corrected chi connectivity index (χ3v) is 13.4. The quantitative estimate of drug-likeness (QED) is 0.299. The molecule has 0 aromatic heterocycles. The van der Waals surface area contributed by atoms with Crippen LogP contribution in [0.4, 0.5) is 0 Å². The zero-order valence-corrected chi connectivity index (χ0v) is 24.5. The second-order valence-corrected chi connectivity index (χ2v) is 15.9. The Morgan fingerprint density at radius 3 is 2.30 bits per heavy atom. The molecule has 9 atom stereocenters. The molecule has 37 heavy (non-hydrogen) atoms. The number of carbonyl (C=O) groups is 1. The van der Waals surface area contributed by atoms with Gasteiger partial charge in [-0.15, -0.1) is 0 Å². The zero-order chi connectivity index (χ0) is 27.2. The molecule has 7 heteroatoms. The molecular formula is C30H48O6S. The van der Waals surface area contributed by atoms with Gasteiger partial charge in [0.05, 0.1) is 12.7 Å². The van der Waals surface area contributed by atoms with Gasteiger partial charge in [0.15, 0.2) is 5.78 Å². The van der Waals surface area contributed by atoms with Crippen molar-refractivity contribution in [2.75, 3.05) is 6.61 Å². The number of hydrogen-bond acceptors (Lipinski definition) is 5. The molecule has 2 unspecified atom stereocenters. The molecule has 0 saturated heterocycles. The van der Waals surface area contributed by atoms with Crippen LogP contribution in [-0.2, 0) is 19.4 Å². The van der Waals surface area contributed by atoms with E-state index in [4.69, 9.17) is 4.18 Å². The van der Waals surface area contributed by atoms with Gasteiger partial charge >= 0.3 is 10.4 Å². The van der Waals surface area contributed by atoms with Crippen molar-refractivity contribution < 1.29 is 27.1 Å². The van der Waals surface area contributed by atoms with E-state index in [-0.39, 0.29) is 51.5 Å². The first kappa shape index (κ1) is 27.8. The van der Waals surface area contributed by atoms with Crippen LogP contribution in [0.1, 0.15) is 106 Å². The normalized spacial score (nSPS) is 46.6. The van der Waals surface area contributed by atoms with E-state index >= 15 is 0 Å². The Kier molecular flexibility index (Phi) is 6.47. The predicted molar refractivity (Wildman–Crippen MR) is 143 cm³/mol. The van der Waals surface area contributed by atoms with Crippen LogP contribution in [0.15, 0.2) is 11.6 Å². The second-order valence-electron chi connectivity index (χ2n) is 14.8. The van der Waals surface area contributed by atoms with Crippen LogP contribution in [0, 0.1) is 50.7 Å². The number of fused-ring (bicyclic) bond motifs is 2. The van der Waals surface area contributed by atoms with E-state index in [1.807, 2.05) is 13.8 Å². The molecular weight excluding hydrogens is 488 g/mol. The Morgan fingerprint density at radius 2 is 1.65 bits per heavy atom. The molecule has 0 bridgehead atoms. The van der Waals surface area contributed by atoms with Crippen molar-refractivity contribution >= 4 is 16.2 Å². The summed E-state index contributed by atoms with van der Waals surface area (Å²) in [6.07, 6.45) is 11.1. The molecule has 210 valence electrons. The molecule has 5 fully saturated rings. The van der Waals surface area contributed by atoms with Crippen LogP contribution in [0.25, 0.3) is 0 Å². The minimum Gasteiger partial charge on any atom is -0.393 e. The summed E-state index contributed by atoms with van der Waals surface area (Å²) in [7, 11) is -4.55. The molecule has 5 aliphatic carbocycles. The molecule has 2 spiro atoms. The number of aliphatic hydroxyl groups is 1. The van der Waals surface area contributed by atoms with Gasteiger partial charge in [0, 0.05) is 11.8 Å². The predicted octanol–water partition coefficient (Wildman–Crippen LogP) is 6.15. The fourth-order valence-electron chi connectivity index (χ4n) is 11.4. The summed E-state index contributed by atoms with van der Waals surface area (Å²) in [5.41, 5.74) is 0.817. The monoisotopic (exact) mass is 536 g/mol. The van der Waals surface area contributed by atoms with E-state index in [1.54, 1.807) is 6.08 Å². The average Bonchev–Trinajstić information content (AvgIpc) is 3.33. The Morgan fingerprint density at radius 1 is 1.00 bits per heavy atom. The summed E-state index contributed by atoms with van der Waals surface area (Å²) < 4.78 is 38.7. The summed E-state index contributed by atoms with van der Waals surface area (Å²) in [4.78, 5) is 12.7. The maximum atomic E-state index is 12.7. The molecule has 5 rings (SSSR count). The molecule has 0 heterocycles. The molecule has 6 nitrogen and oxygen atoms in total. The van der Waals surface area contributed by atoms with Gasteiger partial charge in [-0.25, -0.2) is 4.18 Å². The van der Waals surface area contributed by atoms with Gasteiger partial charge in [-0.05, 0) is 123 Å². The summed E-state index contributed by atoms with van der Waals surface area (Å²) in [5, 5.41) is 10.9. The van der Waals surface area contributed by atoms with Crippen molar-refractivity contribution in [1.82, 2.24) is 0 Å². The third-order valence-electron chi connectivity index (χ3n) is 12.9. The van der Waals surface area contributed by atoms with E-state index in [1.165, 1.54) is 6.42 Å². The highest BCUT2D eigenvalue weighted by atomic mass is 32.3. The molecule has 5 saturated carbocycles. The second kappa shape index (κ2) is 8.62. The van der Waals surface area contributed by atoms with Crippen LogP contribution in [0.5, 0.6) is 0 Å². The van der Waals surface area contributed by atoms with Crippen molar-refractivity contribution in [3.05, 3.63) is 11.6 Å². The first-order valence-corrected chi connectivity index (χ1v) is 15.9. The summed E-state index contributed by atoms with van der Waals surface area (Å²) in [6.45, 7) is 13.0. The standard InChI is InChI=1S/C30H48O6S/c1-19(2)15-21(31)16-20(3)22-9-11-30(18-36-37(33,34)35)24-8-7-23-26(4,5)25(32)10-12-28(23)17-29(24,28)14-13-27(22,30)6/h15,20,22-25,32H,7-14,16-18H2,1-6H3,(H,33,34,35)/t20?,22-,23?,24-,25+,27-,28-,29+,30-/m1/s1. The van der Waals surface area contributed by atoms with Crippen LogP contribution in [-0.4, -0.2) is 36.6 Å². The van der Waals surface area contributed by atoms with Gasteiger partial charge < -0.3 is 5.11 Å². The SMILES string of the molecule is CC(C)=CC(=O)CC(C)[C@H]1CC[C@@]2(COS(=O)(=O)O)[C@@H]3CCC4C(C)(C)[C@@H](O)CC[C@@]45C[C@@]35CC[C@]12C. The zero-order valence-electron chi connectivity index (χ0n) is 23.7. The van der Waals surface area contributed by atoms with Gasteiger partial charge in [0.25, 0.3) is 0 Å². The number of ketones is 1. The van der Waals surface area contributed by atoms with Crippen LogP contribution in [0.3, 0.4) is 0 Å². The lowest BCUT2D eigenvalue weighted by Gasteiger charge is -2.64. The first-order chi connectivity index (χ1) is 17.0. The highest BCUT2D eigenvalue weighted by Crippen LogP contribution is 2.89. The third kappa shape index (κ3) is 3.88. The number of carbonyl (C=O) groups excluding carboxylic acids is 1. The summed E-state index contributed by atoms with van der Waals surface area (Å²) in [6, 6.07) is 0. The van der Waals surface area contributed by atoms with E-state index < -0.39 is 10.4 Å². The maximum absolute atomic E-state index is 12.7. The van der Waals surface area contributed by atoms with Gasteiger partial charge in [-0.2, -0.15) is 8.42 Å². The van der Waals surface area contributed by atoms with Gasteiger partial charge in [-0.3, -0.25) is 9.35 Å². The molecule has 0 aromatic carbocycles. The fourth-order valence-corrected chi connectivity index (χ4v) is 11.8. The average molecular weight is 537 g/mol. The molecule has 2 N–H and O–H groups in total. The van der Waals surface area contributed by atoms with Crippen LogP contribution >= 0.6 is 0 Å². The number of allylic oxidation sites excluding steroid dienone is 2. The van der Waals surface area contributed by atoms with Crippen molar-refractivity contribution in [2.45, 2.75) is 112 Å². The van der Waals surface area contributed by atoms with Crippen molar-refractivity contribution in [3.63, 3.8) is 0 Å². The highest BCUT2D eigenvalue weighted by molar-refractivity contribution is 7.80. The minimum atomic E-state index is -4.55. The summed E-state index contributed by atoms with van der Waals surface area (Å²) >= 11 is 0. The molecule has 5 aliphatic rings. The smallest absolute Gasteiger partial charge is 0.393 e. The van der Waals surface area contributed by atoms with Crippen LogP contribution in [0.2, 0.25) is 0 Å². The number of hydrogen-bond donors (Lipinski definition) is 2. The molecule has 0 radical (unpaired) electrons. The largest absolute Gasteiger partial charge is 0.397 e. The Labute approximate surface area is 224 Å². The van der Waals surface area contributed by atoms with Gasteiger partial charge in [0.1, 0.15) is 0 Å². The summed E-state index contributed by atoms with van der Waals surface area (Å²) in [5.74, 6) is 1.50. The maximum Gasteiger partial charge on any atom is 0.397 e. The first-order valence-electron chi connectivity index (χ1n) is 14.5. The Bertz CT molecular complexity index is 1090. The Hall–Kier alpha value is -0.760. The minimum absolute atomic E-state index is 0.0344. The molecule has 0 aliphatic heterocycles. The van der Waals surface area contributed by atoms with E-state index in [0.29, 0.717) is 24.2 Å². The molecule has 0 amide bonds. The molecule has 0 aromatic rings. The van der Waals surface area contributed by atoms with Crippen molar-refractivity contribution in [2.24, 2.45) is 50.7 Å². The lowest BCUT2D eigenvalue weighted by atomic mass is 9.41. The number of aliphatic hydroxyl groups excluding tert-OH is 1. The van der Waals surface area contributed by atoms with Crippen LogP contribution < -0.4 is 0 Å². The number of rotatable bonds is 7. The lowest BCUT2D eigenvalue weighted by molar-refractivity contribution is -0.177. The lowest BCUT2D eigenvalue weighted by Crippen LogP contribution is -2.60.